The summed E-state index contributed by atoms with van der Waals surface area (Å²) < 4.78 is 17.1. The normalized spacial score (nSPS) is 18.0. The van der Waals surface area contributed by atoms with Gasteiger partial charge in [-0.1, -0.05) is 12.1 Å². The summed E-state index contributed by atoms with van der Waals surface area (Å²) in [4.78, 5) is 2.24. The molecule has 1 aliphatic rings. The van der Waals surface area contributed by atoms with Crippen molar-refractivity contribution >= 4 is 0 Å². The maximum atomic E-state index is 9.67. The van der Waals surface area contributed by atoms with E-state index >= 15 is 0 Å². The highest BCUT2D eigenvalue weighted by Gasteiger charge is 2.28. The Morgan fingerprint density at radius 2 is 2.00 bits per heavy atom. The summed E-state index contributed by atoms with van der Waals surface area (Å²) in [5.41, 5.74) is 1.75. The van der Waals surface area contributed by atoms with Gasteiger partial charge >= 0.3 is 0 Å². The van der Waals surface area contributed by atoms with E-state index in [-0.39, 0.29) is 18.9 Å². The number of benzene rings is 1. The van der Waals surface area contributed by atoms with Gasteiger partial charge < -0.3 is 19.3 Å². The van der Waals surface area contributed by atoms with Crippen LogP contribution in [0.1, 0.15) is 31.2 Å². The molecule has 5 heteroatoms. The highest BCUT2D eigenvalue weighted by Crippen LogP contribution is 2.34. The Hall–Kier alpha value is -1.14. The Kier molecular flexibility index (Phi) is 5.99. The number of hydrogen-bond acceptors (Lipinski definition) is 5. The predicted octanol–water partition coefficient (Wildman–Crippen LogP) is 1.94. The van der Waals surface area contributed by atoms with Crippen molar-refractivity contribution in [2.24, 2.45) is 0 Å². The van der Waals surface area contributed by atoms with E-state index in [0.29, 0.717) is 13.2 Å². The van der Waals surface area contributed by atoms with Crippen molar-refractivity contribution < 1.29 is 19.3 Å². The van der Waals surface area contributed by atoms with Crippen molar-refractivity contribution in [3.63, 3.8) is 0 Å². The third kappa shape index (κ3) is 3.95. The van der Waals surface area contributed by atoms with Crippen LogP contribution in [0.3, 0.4) is 0 Å². The molecule has 0 saturated carbocycles. The lowest BCUT2D eigenvalue weighted by Gasteiger charge is -2.36. The topological polar surface area (TPSA) is 51.2 Å². The summed E-state index contributed by atoms with van der Waals surface area (Å²) in [5, 5.41) is 9.67. The van der Waals surface area contributed by atoms with Gasteiger partial charge in [-0.3, -0.25) is 4.90 Å². The first-order valence-corrected chi connectivity index (χ1v) is 7.41. The fraction of sp³-hybridized carbons (Fsp3) is 0.625. The van der Waals surface area contributed by atoms with Crippen LogP contribution in [-0.2, 0) is 16.1 Å². The van der Waals surface area contributed by atoms with Gasteiger partial charge in [0.1, 0.15) is 12.0 Å². The van der Waals surface area contributed by atoms with Gasteiger partial charge in [0.2, 0.25) is 0 Å². The summed E-state index contributed by atoms with van der Waals surface area (Å²) in [7, 11) is 1.64. The van der Waals surface area contributed by atoms with Crippen LogP contribution in [0.15, 0.2) is 18.2 Å². The minimum Gasteiger partial charge on any atom is -0.496 e. The second-order valence-electron chi connectivity index (χ2n) is 5.38. The van der Waals surface area contributed by atoms with Crippen molar-refractivity contribution in [3.05, 3.63) is 29.3 Å². The first-order chi connectivity index (χ1) is 10.2. The molecule has 5 nitrogen and oxygen atoms in total. The Morgan fingerprint density at radius 3 is 2.57 bits per heavy atom. The van der Waals surface area contributed by atoms with Crippen molar-refractivity contribution in [2.75, 3.05) is 33.4 Å². The number of morpholine rings is 1. The molecule has 1 atom stereocenters. The summed E-state index contributed by atoms with van der Waals surface area (Å²) in [6, 6.07) is 5.71. The quantitative estimate of drug-likeness (QED) is 0.869. The van der Waals surface area contributed by atoms with Crippen molar-refractivity contribution in [1.82, 2.24) is 4.90 Å². The van der Waals surface area contributed by atoms with Crippen molar-refractivity contribution in [3.8, 4) is 5.75 Å². The van der Waals surface area contributed by atoms with Crippen LogP contribution in [0.4, 0.5) is 0 Å². The lowest BCUT2D eigenvalue weighted by molar-refractivity contribution is -0.121. The van der Waals surface area contributed by atoms with Gasteiger partial charge in [0.05, 0.1) is 33.0 Å². The van der Waals surface area contributed by atoms with Gasteiger partial charge in [0, 0.05) is 18.7 Å². The maximum absolute atomic E-state index is 9.67. The lowest BCUT2D eigenvalue weighted by Crippen LogP contribution is -2.41. The molecule has 0 radical (unpaired) electrons. The van der Waals surface area contributed by atoms with Gasteiger partial charge in [-0.25, -0.2) is 0 Å². The third-order valence-corrected chi connectivity index (χ3v) is 3.57. The minimum absolute atomic E-state index is 0.0329. The van der Waals surface area contributed by atoms with Crippen molar-refractivity contribution in [2.45, 2.75) is 32.8 Å². The molecule has 1 unspecified atom stereocenters. The molecule has 118 valence electrons. The molecule has 1 N–H and O–H groups in total. The molecule has 1 fully saturated rings. The van der Waals surface area contributed by atoms with Crippen LogP contribution < -0.4 is 4.74 Å². The largest absolute Gasteiger partial charge is 0.496 e. The first kappa shape index (κ1) is 16.2. The zero-order chi connectivity index (χ0) is 15.2. The standard InChI is InChI=1S/C16H25NO4/c1-12(2)21-16(17-7-9-20-10-8-17)15-13(11-18)5-4-6-14(15)19-3/h4-6,12,16,18H,7-11H2,1-3H3. The average molecular weight is 295 g/mol. The summed E-state index contributed by atoms with van der Waals surface area (Å²) in [6.45, 7) is 7.00. The van der Waals surface area contributed by atoms with Crippen LogP contribution >= 0.6 is 0 Å². The van der Waals surface area contributed by atoms with Crippen molar-refractivity contribution in [1.29, 1.82) is 0 Å². The Bertz CT molecular complexity index is 422. The predicted molar refractivity (Wildman–Crippen MR) is 80.3 cm³/mol. The molecule has 0 aliphatic carbocycles. The molecule has 1 saturated heterocycles. The van der Waals surface area contributed by atoms with Gasteiger partial charge in [0.25, 0.3) is 0 Å². The van der Waals surface area contributed by atoms with E-state index in [1.807, 2.05) is 32.0 Å². The number of rotatable bonds is 6. The molecule has 0 bridgehead atoms. The lowest BCUT2D eigenvalue weighted by atomic mass is 10.0. The van der Waals surface area contributed by atoms with Crippen LogP contribution in [0.5, 0.6) is 5.75 Å². The van der Waals surface area contributed by atoms with Crippen LogP contribution in [0.25, 0.3) is 0 Å². The number of methoxy groups -OCH3 is 1. The first-order valence-electron chi connectivity index (χ1n) is 7.41. The molecule has 1 aromatic rings. The van der Waals surface area contributed by atoms with E-state index in [0.717, 1.165) is 30.0 Å². The molecule has 0 spiro atoms. The Morgan fingerprint density at radius 1 is 1.29 bits per heavy atom. The molecule has 0 amide bonds. The fourth-order valence-corrected chi connectivity index (χ4v) is 2.59. The van der Waals surface area contributed by atoms with E-state index in [1.54, 1.807) is 7.11 Å². The maximum Gasteiger partial charge on any atom is 0.141 e. The minimum atomic E-state index is -0.229. The van der Waals surface area contributed by atoms with E-state index in [4.69, 9.17) is 14.2 Å². The summed E-state index contributed by atoms with van der Waals surface area (Å²) >= 11 is 0. The fourth-order valence-electron chi connectivity index (χ4n) is 2.59. The Balaban J connectivity index is 2.39. The molecule has 1 aromatic carbocycles. The highest BCUT2D eigenvalue weighted by molar-refractivity contribution is 5.41. The number of ether oxygens (including phenoxy) is 3. The molecular weight excluding hydrogens is 270 g/mol. The average Bonchev–Trinajstić information content (AvgIpc) is 2.52. The number of aliphatic hydroxyl groups is 1. The van der Waals surface area contributed by atoms with Crippen LogP contribution in [0.2, 0.25) is 0 Å². The molecular formula is C16H25NO4. The molecule has 2 rings (SSSR count). The molecule has 0 aromatic heterocycles. The number of aliphatic hydroxyl groups excluding tert-OH is 1. The van der Waals surface area contributed by atoms with E-state index in [1.165, 1.54) is 0 Å². The van der Waals surface area contributed by atoms with E-state index < -0.39 is 0 Å². The number of hydrogen-bond donors (Lipinski definition) is 1. The van der Waals surface area contributed by atoms with Gasteiger partial charge in [-0.15, -0.1) is 0 Å². The number of nitrogens with zero attached hydrogens (tertiary/aromatic N) is 1. The van der Waals surface area contributed by atoms with Crippen LogP contribution in [0, 0.1) is 0 Å². The smallest absolute Gasteiger partial charge is 0.141 e. The molecule has 1 aliphatic heterocycles. The van der Waals surface area contributed by atoms with E-state index in [2.05, 4.69) is 4.90 Å². The van der Waals surface area contributed by atoms with Gasteiger partial charge in [-0.05, 0) is 25.5 Å². The summed E-state index contributed by atoms with van der Waals surface area (Å²) in [5.74, 6) is 0.749. The highest BCUT2D eigenvalue weighted by atomic mass is 16.5. The Labute approximate surface area is 126 Å². The van der Waals surface area contributed by atoms with Crippen LogP contribution in [-0.4, -0.2) is 49.5 Å². The van der Waals surface area contributed by atoms with Gasteiger partial charge in [-0.2, -0.15) is 0 Å². The third-order valence-electron chi connectivity index (χ3n) is 3.57. The summed E-state index contributed by atoms with van der Waals surface area (Å²) in [6.07, 6.45) is -0.151. The molecule has 21 heavy (non-hydrogen) atoms. The zero-order valence-electron chi connectivity index (χ0n) is 13.0. The zero-order valence-corrected chi connectivity index (χ0v) is 13.0. The van der Waals surface area contributed by atoms with Gasteiger partial charge in [0.15, 0.2) is 0 Å². The second kappa shape index (κ2) is 7.75. The second-order valence-corrected chi connectivity index (χ2v) is 5.38. The monoisotopic (exact) mass is 295 g/mol. The van der Waals surface area contributed by atoms with E-state index in [9.17, 15) is 5.11 Å². The molecule has 1 heterocycles. The SMILES string of the molecule is COc1cccc(CO)c1C(OC(C)C)N1CCOCC1.